The van der Waals surface area contributed by atoms with Gasteiger partial charge in [-0.2, -0.15) is 0 Å². The molecule has 2 nitrogen and oxygen atoms in total. The van der Waals surface area contributed by atoms with Gasteiger partial charge in [0.05, 0.1) is 6.61 Å². The SMILES string of the molecule is CC1CCCN(Cc2ccc(F)cc2C#CCCO)C1. The van der Waals surface area contributed by atoms with Gasteiger partial charge in [0, 0.05) is 25.1 Å². The Morgan fingerprint density at radius 1 is 1.45 bits per heavy atom. The first-order chi connectivity index (χ1) is 9.69. The number of aliphatic hydroxyl groups excluding tert-OH is 1. The van der Waals surface area contributed by atoms with Crippen molar-refractivity contribution in [1.29, 1.82) is 0 Å². The number of aliphatic hydroxyl groups is 1. The molecular formula is C17H22FNO. The van der Waals surface area contributed by atoms with Crippen molar-refractivity contribution in [3.8, 4) is 11.8 Å². The molecule has 1 aliphatic heterocycles. The van der Waals surface area contributed by atoms with E-state index in [-0.39, 0.29) is 12.4 Å². The van der Waals surface area contributed by atoms with E-state index in [9.17, 15) is 4.39 Å². The summed E-state index contributed by atoms with van der Waals surface area (Å²) < 4.78 is 13.4. The highest BCUT2D eigenvalue weighted by Crippen LogP contribution is 2.19. The Morgan fingerprint density at radius 2 is 2.30 bits per heavy atom. The Morgan fingerprint density at radius 3 is 3.05 bits per heavy atom. The zero-order valence-corrected chi connectivity index (χ0v) is 12.0. The van der Waals surface area contributed by atoms with Crippen molar-refractivity contribution in [2.45, 2.75) is 32.7 Å². The molecule has 0 aromatic heterocycles. The number of nitrogens with zero attached hydrogens (tertiary/aromatic N) is 1. The molecule has 1 atom stereocenters. The molecule has 0 aliphatic carbocycles. The summed E-state index contributed by atoms with van der Waals surface area (Å²) in [6.07, 6.45) is 2.95. The third kappa shape index (κ3) is 4.33. The standard InChI is InChI=1S/C17H22FNO/c1-14-5-4-9-19(12-14)13-16-7-8-17(18)11-15(16)6-2-3-10-20/h7-8,11,14,20H,3-5,9-10,12-13H2,1H3. The molecule has 20 heavy (non-hydrogen) atoms. The van der Waals surface area contributed by atoms with Crippen LogP contribution in [0.4, 0.5) is 4.39 Å². The first kappa shape index (κ1) is 15.0. The third-order valence-corrected chi connectivity index (χ3v) is 3.67. The van der Waals surface area contributed by atoms with E-state index in [1.54, 1.807) is 0 Å². The predicted molar refractivity (Wildman–Crippen MR) is 78.7 cm³/mol. The van der Waals surface area contributed by atoms with Gasteiger partial charge in [0.25, 0.3) is 0 Å². The van der Waals surface area contributed by atoms with Gasteiger partial charge in [-0.3, -0.25) is 4.90 Å². The van der Waals surface area contributed by atoms with Gasteiger partial charge in [-0.25, -0.2) is 4.39 Å². The molecule has 0 radical (unpaired) electrons. The maximum Gasteiger partial charge on any atom is 0.124 e. The lowest BCUT2D eigenvalue weighted by atomic mass is 9.99. The van der Waals surface area contributed by atoms with Crippen molar-refractivity contribution in [3.63, 3.8) is 0 Å². The average Bonchev–Trinajstić information content (AvgIpc) is 2.42. The first-order valence-electron chi connectivity index (χ1n) is 7.29. The molecule has 1 heterocycles. The highest BCUT2D eigenvalue weighted by atomic mass is 19.1. The molecule has 0 amide bonds. The van der Waals surface area contributed by atoms with Gasteiger partial charge in [0.1, 0.15) is 5.82 Å². The molecule has 3 heteroatoms. The van der Waals surface area contributed by atoms with Crippen molar-refractivity contribution in [2.24, 2.45) is 5.92 Å². The van der Waals surface area contributed by atoms with Gasteiger partial charge in [-0.1, -0.05) is 24.8 Å². The van der Waals surface area contributed by atoms with Crippen LogP contribution in [0.3, 0.4) is 0 Å². The monoisotopic (exact) mass is 275 g/mol. The van der Waals surface area contributed by atoms with Crippen molar-refractivity contribution in [2.75, 3.05) is 19.7 Å². The molecule has 1 aromatic rings. The molecular weight excluding hydrogens is 253 g/mol. The van der Waals surface area contributed by atoms with Crippen LogP contribution in [0, 0.1) is 23.6 Å². The summed E-state index contributed by atoms with van der Waals surface area (Å²) in [7, 11) is 0. The number of piperidine rings is 1. The molecule has 1 saturated heterocycles. The molecule has 0 spiro atoms. The van der Waals surface area contributed by atoms with Crippen LogP contribution in [0.25, 0.3) is 0 Å². The lowest BCUT2D eigenvalue weighted by Crippen LogP contribution is -2.33. The zero-order chi connectivity index (χ0) is 14.4. The number of benzene rings is 1. The normalized spacial score (nSPS) is 19.4. The Balaban J connectivity index is 2.12. The highest BCUT2D eigenvalue weighted by molar-refractivity contribution is 5.41. The van der Waals surface area contributed by atoms with Gasteiger partial charge < -0.3 is 5.11 Å². The van der Waals surface area contributed by atoms with E-state index in [4.69, 9.17) is 5.11 Å². The van der Waals surface area contributed by atoms with Crippen LogP contribution in [-0.4, -0.2) is 29.7 Å². The van der Waals surface area contributed by atoms with Crippen molar-refractivity contribution in [3.05, 3.63) is 35.1 Å². The number of halogens is 1. The third-order valence-electron chi connectivity index (χ3n) is 3.67. The predicted octanol–water partition coefficient (Wildman–Crippen LogP) is 2.79. The van der Waals surface area contributed by atoms with Crippen LogP contribution >= 0.6 is 0 Å². The Hall–Kier alpha value is -1.37. The van der Waals surface area contributed by atoms with Crippen LogP contribution in [0.1, 0.15) is 37.3 Å². The minimum absolute atomic E-state index is 0.0429. The minimum atomic E-state index is -0.255. The smallest absolute Gasteiger partial charge is 0.124 e. The quantitative estimate of drug-likeness (QED) is 0.857. The fraction of sp³-hybridized carbons (Fsp3) is 0.529. The molecule has 1 aliphatic rings. The summed E-state index contributed by atoms with van der Waals surface area (Å²) in [6, 6.07) is 4.82. The van der Waals surface area contributed by atoms with Gasteiger partial charge in [0.2, 0.25) is 0 Å². The summed E-state index contributed by atoms with van der Waals surface area (Å²) in [5.41, 5.74) is 1.82. The first-order valence-corrected chi connectivity index (χ1v) is 7.29. The van der Waals surface area contributed by atoms with E-state index >= 15 is 0 Å². The van der Waals surface area contributed by atoms with E-state index in [1.165, 1.54) is 25.0 Å². The number of likely N-dealkylation sites (tertiary alicyclic amines) is 1. The summed E-state index contributed by atoms with van der Waals surface area (Å²) in [5.74, 6) is 6.33. The lowest BCUT2D eigenvalue weighted by molar-refractivity contribution is 0.176. The van der Waals surface area contributed by atoms with Crippen LogP contribution in [-0.2, 0) is 6.54 Å². The lowest BCUT2D eigenvalue weighted by Gasteiger charge is -2.31. The van der Waals surface area contributed by atoms with E-state index in [1.807, 2.05) is 6.07 Å². The Kier molecular flexibility index (Phi) is 5.58. The fourth-order valence-electron chi connectivity index (χ4n) is 2.69. The molecule has 108 valence electrons. The summed E-state index contributed by atoms with van der Waals surface area (Å²) in [5, 5.41) is 8.77. The number of rotatable bonds is 3. The second-order valence-electron chi connectivity index (χ2n) is 5.56. The fourth-order valence-corrected chi connectivity index (χ4v) is 2.69. The van der Waals surface area contributed by atoms with Gasteiger partial charge in [-0.15, -0.1) is 0 Å². The summed E-state index contributed by atoms with van der Waals surface area (Å²) >= 11 is 0. The highest BCUT2D eigenvalue weighted by Gasteiger charge is 2.17. The van der Waals surface area contributed by atoms with Gasteiger partial charge in [-0.05, 0) is 43.0 Å². The summed E-state index contributed by atoms with van der Waals surface area (Å²) in [4.78, 5) is 2.42. The number of hydrogen-bond acceptors (Lipinski definition) is 2. The van der Waals surface area contributed by atoms with Crippen molar-refractivity contribution >= 4 is 0 Å². The van der Waals surface area contributed by atoms with Crippen LogP contribution in [0.5, 0.6) is 0 Å². The molecule has 0 saturated carbocycles. The molecule has 2 rings (SSSR count). The summed E-state index contributed by atoms with van der Waals surface area (Å²) in [6.45, 7) is 5.35. The molecule has 1 unspecified atom stereocenters. The van der Waals surface area contributed by atoms with Crippen LogP contribution < -0.4 is 0 Å². The second kappa shape index (κ2) is 7.42. The van der Waals surface area contributed by atoms with Gasteiger partial charge >= 0.3 is 0 Å². The van der Waals surface area contributed by atoms with E-state index in [0.29, 0.717) is 6.42 Å². The molecule has 0 bridgehead atoms. The van der Waals surface area contributed by atoms with E-state index < -0.39 is 0 Å². The second-order valence-corrected chi connectivity index (χ2v) is 5.56. The maximum absolute atomic E-state index is 13.4. The van der Waals surface area contributed by atoms with Crippen LogP contribution in [0.2, 0.25) is 0 Å². The molecule has 1 N–H and O–H groups in total. The van der Waals surface area contributed by atoms with Gasteiger partial charge in [0.15, 0.2) is 0 Å². The zero-order valence-electron chi connectivity index (χ0n) is 12.0. The average molecular weight is 275 g/mol. The Bertz CT molecular complexity index is 503. The van der Waals surface area contributed by atoms with Crippen molar-refractivity contribution < 1.29 is 9.50 Å². The maximum atomic E-state index is 13.4. The molecule has 1 aromatic carbocycles. The number of hydrogen-bond donors (Lipinski definition) is 1. The van der Waals surface area contributed by atoms with Crippen LogP contribution in [0.15, 0.2) is 18.2 Å². The Labute approximate surface area is 120 Å². The van der Waals surface area contributed by atoms with E-state index in [0.717, 1.165) is 36.7 Å². The van der Waals surface area contributed by atoms with Crippen molar-refractivity contribution in [1.82, 2.24) is 4.90 Å². The topological polar surface area (TPSA) is 23.5 Å². The largest absolute Gasteiger partial charge is 0.395 e. The van der Waals surface area contributed by atoms with E-state index in [2.05, 4.69) is 23.7 Å². The minimum Gasteiger partial charge on any atom is -0.395 e. The molecule has 1 fully saturated rings.